The summed E-state index contributed by atoms with van der Waals surface area (Å²) in [6.07, 6.45) is 0. The van der Waals surface area contributed by atoms with Crippen molar-refractivity contribution < 1.29 is 4.79 Å². The van der Waals surface area contributed by atoms with Gasteiger partial charge in [0.25, 0.3) is 5.91 Å². The van der Waals surface area contributed by atoms with Crippen molar-refractivity contribution in [3.8, 4) is 0 Å². The maximum absolute atomic E-state index is 12.4. The van der Waals surface area contributed by atoms with Gasteiger partial charge in [-0.15, -0.1) is 0 Å². The summed E-state index contributed by atoms with van der Waals surface area (Å²) >= 11 is 8.09. The highest BCUT2D eigenvalue weighted by Crippen LogP contribution is 2.20. The molecule has 0 spiro atoms. The predicted molar refractivity (Wildman–Crippen MR) is 90.8 cm³/mol. The molecule has 0 unspecified atom stereocenters. The number of rotatable bonds is 3. The number of carbonyl (C=O) groups excluding carboxylic acids is 1. The summed E-state index contributed by atoms with van der Waals surface area (Å²) in [5, 5.41) is 0.564. The van der Waals surface area contributed by atoms with E-state index in [9.17, 15) is 4.79 Å². The lowest BCUT2D eigenvalue weighted by molar-refractivity contribution is 0.0784. The van der Waals surface area contributed by atoms with Gasteiger partial charge < -0.3 is 10.6 Å². The van der Waals surface area contributed by atoms with Gasteiger partial charge in [0.1, 0.15) is 0 Å². The average Bonchev–Trinajstić information content (AvgIpc) is 2.43. The van der Waals surface area contributed by atoms with Crippen molar-refractivity contribution in [2.24, 2.45) is 0 Å². The van der Waals surface area contributed by atoms with Crippen LogP contribution in [0.25, 0.3) is 0 Å². The quantitative estimate of drug-likeness (QED) is 0.629. The second-order valence-corrected chi connectivity index (χ2v) is 6.13. The van der Waals surface area contributed by atoms with Gasteiger partial charge in [-0.25, -0.2) is 0 Å². The third-order valence-electron chi connectivity index (χ3n) is 2.90. The van der Waals surface area contributed by atoms with Gasteiger partial charge in [0.15, 0.2) is 0 Å². The van der Waals surface area contributed by atoms with Crippen molar-refractivity contribution in [3.63, 3.8) is 0 Å². The van der Waals surface area contributed by atoms with Crippen LogP contribution in [0.1, 0.15) is 15.9 Å². The molecule has 2 N–H and O–H groups in total. The lowest BCUT2D eigenvalue weighted by Gasteiger charge is -2.18. The van der Waals surface area contributed by atoms with Crippen molar-refractivity contribution in [1.82, 2.24) is 4.90 Å². The molecule has 2 aromatic rings. The molecule has 2 rings (SSSR count). The molecule has 0 aliphatic carbocycles. The van der Waals surface area contributed by atoms with Crippen LogP contribution >= 0.6 is 34.2 Å². The molecule has 3 nitrogen and oxygen atoms in total. The number of hydrogen-bond acceptors (Lipinski definition) is 2. The number of carbonyl (C=O) groups is 1. The largest absolute Gasteiger partial charge is 0.399 e. The summed E-state index contributed by atoms with van der Waals surface area (Å²) in [5.74, 6) is -0.0475. The molecule has 0 bridgehead atoms. The zero-order chi connectivity index (χ0) is 14.7. The fourth-order valence-electron chi connectivity index (χ4n) is 1.84. The van der Waals surface area contributed by atoms with Gasteiger partial charge in [0.2, 0.25) is 0 Å². The molecule has 0 saturated carbocycles. The molecule has 0 fully saturated rings. The molecule has 104 valence electrons. The first-order valence-corrected chi connectivity index (χ1v) is 7.48. The number of hydrogen-bond donors (Lipinski definition) is 1. The summed E-state index contributed by atoms with van der Waals surface area (Å²) in [6.45, 7) is 0.529. The summed E-state index contributed by atoms with van der Waals surface area (Å²) in [5.41, 5.74) is 8.02. The Morgan fingerprint density at radius 1 is 1.25 bits per heavy atom. The van der Waals surface area contributed by atoms with Crippen molar-refractivity contribution in [3.05, 3.63) is 62.2 Å². The van der Waals surface area contributed by atoms with E-state index in [0.717, 1.165) is 9.13 Å². The fourth-order valence-corrected chi connectivity index (χ4v) is 2.57. The van der Waals surface area contributed by atoms with Gasteiger partial charge in [-0.3, -0.25) is 4.79 Å². The first-order chi connectivity index (χ1) is 9.47. The Kier molecular flexibility index (Phi) is 4.88. The van der Waals surface area contributed by atoms with Crippen LogP contribution in [-0.4, -0.2) is 17.9 Å². The minimum absolute atomic E-state index is 0.0475. The van der Waals surface area contributed by atoms with E-state index in [2.05, 4.69) is 22.6 Å². The summed E-state index contributed by atoms with van der Waals surface area (Å²) in [6, 6.07) is 12.8. The van der Waals surface area contributed by atoms with E-state index >= 15 is 0 Å². The van der Waals surface area contributed by atoms with Crippen molar-refractivity contribution in [1.29, 1.82) is 0 Å². The molecule has 20 heavy (non-hydrogen) atoms. The first kappa shape index (κ1) is 15.1. The smallest absolute Gasteiger partial charge is 0.255 e. The monoisotopic (exact) mass is 400 g/mol. The van der Waals surface area contributed by atoms with Crippen molar-refractivity contribution in [2.75, 3.05) is 12.8 Å². The molecular formula is C15H14ClIN2O. The zero-order valence-electron chi connectivity index (χ0n) is 10.9. The minimum atomic E-state index is -0.0475. The zero-order valence-corrected chi connectivity index (χ0v) is 13.9. The highest BCUT2D eigenvalue weighted by Gasteiger charge is 2.15. The van der Waals surface area contributed by atoms with Gasteiger partial charge in [-0.1, -0.05) is 23.7 Å². The van der Waals surface area contributed by atoms with Gasteiger partial charge in [0.05, 0.1) is 5.56 Å². The number of nitrogen functional groups attached to an aromatic ring is 1. The number of anilines is 1. The highest BCUT2D eigenvalue weighted by atomic mass is 127. The van der Waals surface area contributed by atoms with Gasteiger partial charge >= 0.3 is 0 Å². The molecule has 0 aliphatic rings. The van der Waals surface area contributed by atoms with E-state index in [1.807, 2.05) is 30.3 Å². The third kappa shape index (κ3) is 3.64. The molecule has 5 heteroatoms. The average molecular weight is 401 g/mol. The molecule has 0 aromatic heterocycles. The summed E-state index contributed by atoms with van der Waals surface area (Å²) < 4.78 is 0.890. The predicted octanol–water partition coefficient (Wildman–Crippen LogP) is 3.80. The Balaban J connectivity index is 2.16. The van der Waals surface area contributed by atoms with Gasteiger partial charge in [0, 0.05) is 27.9 Å². The van der Waals surface area contributed by atoms with Crippen LogP contribution in [0.15, 0.2) is 42.5 Å². The van der Waals surface area contributed by atoms with Gasteiger partial charge in [-0.2, -0.15) is 0 Å². The SMILES string of the molecule is CN(Cc1ccc(N)cc1)C(=O)c1cc(Cl)ccc1I. The molecule has 1 amide bonds. The molecule has 0 aliphatic heterocycles. The minimum Gasteiger partial charge on any atom is -0.399 e. The molecule has 0 atom stereocenters. The molecule has 0 saturated heterocycles. The van der Waals surface area contributed by atoms with Crippen LogP contribution in [0.4, 0.5) is 5.69 Å². The van der Waals surface area contributed by atoms with Gasteiger partial charge in [-0.05, 0) is 58.5 Å². The van der Waals surface area contributed by atoms with E-state index in [-0.39, 0.29) is 5.91 Å². The van der Waals surface area contributed by atoms with Crippen LogP contribution in [0.5, 0.6) is 0 Å². The standard InChI is InChI=1S/C15H14ClIN2O/c1-19(9-10-2-5-12(18)6-3-10)15(20)13-8-11(16)4-7-14(13)17/h2-8H,9,18H2,1H3. The van der Waals surface area contributed by atoms with E-state index in [1.165, 1.54) is 0 Å². The lowest BCUT2D eigenvalue weighted by Crippen LogP contribution is -2.26. The van der Waals surface area contributed by atoms with E-state index in [0.29, 0.717) is 22.8 Å². The van der Waals surface area contributed by atoms with Crippen LogP contribution in [0.3, 0.4) is 0 Å². The molecule has 0 heterocycles. The Morgan fingerprint density at radius 2 is 1.90 bits per heavy atom. The second kappa shape index (κ2) is 6.45. The number of halogens is 2. The van der Waals surface area contributed by atoms with E-state index < -0.39 is 0 Å². The van der Waals surface area contributed by atoms with E-state index in [1.54, 1.807) is 24.1 Å². The van der Waals surface area contributed by atoms with E-state index in [4.69, 9.17) is 17.3 Å². The number of nitrogens with zero attached hydrogens (tertiary/aromatic N) is 1. The number of amides is 1. The number of nitrogens with two attached hydrogens (primary N) is 1. The molecule has 2 aromatic carbocycles. The normalized spacial score (nSPS) is 10.3. The van der Waals surface area contributed by atoms with Crippen LogP contribution < -0.4 is 5.73 Å². The van der Waals surface area contributed by atoms with Crippen LogP contribution in [-0.2, 0) is 6.54 Å². The Labute approximate surface area is 136 Å². The Morgan fingerprint density at radius 3 is 2.55 bits per heavy atom. The Hall–Kier alpha value is -1.27. The molecular weight excluding hydrogens is 387 g/mol. The van der Waals surface area contributed by atoms with Crippen LogP contribution in [0, 0.1) is 3.57 Å². The summed E-state index contributed by atoms with van der Waals surface area (Å²) in [7, 11) is 1.77. The van der Waals surface area contributed by atoms with Crippen molar-refractivity contribution >= 4 is 45.8 Å². The first-order valence-electron chi connectivity index (χ1n) is 6.02. The Bertz CT molecular complexity index is 628. The van der Waals surface area contributed by atoms with Crippen molar-refractivity contribution in [2.45, 2.75) is 6.54 Å². The lowest BCUT2D eigenvalue weighted by atomic mass is 10.1. The highest BCUT2D eigenvalue weighted by molar-refractivity contribution is 14.1. The summed E-state index contributed by atoms with van der Waals surface area (Å²) in [4.78, 5) is 14.1. The number of benzene rings is 2. The molecule has 0 radical (unpaired) electrons. The maximum Gasteiger partial charge on any atom is 0.255 e. The third-order valence-corrected chi connectivity index (χ3v) is 4.08. The topological polar surface area (TPSA) is 46.3 Å². The fraction of sp³-hybridized carbons (Fsp3) is 0.133. The second-order valence-electron chi connectivity index (χ2n) is 4.53. The maximum atomic E-state index is 12.4. The van der Waals surface area contributed by atoms with Crippen LogP contribution in [0.2, 0.25) is 5.02 Å².